The minimum absolute atomic E-state index is 0.0630. The van der Waals surface area contributed by atoms with Gasteiger partial charge >= 0.3 is 5.97 Å². The van der Waals surface area contributed by atoms with Gasteiger partial charge in [-0.3, -0.25) is 9.59 Å². The number of hydrogen-bond acceptors (Lipinski definition) is 4. The summed E-state index contributed by atoms with van der Waals surface area (Å²) in [5.41, 5.74) is 3.39. The first-order valence-corrected chi connectivity index (χ1v) is 10.2. The van der Waals surface area contributed by atoms with Gasteiger partial charge in [0.15, 0.2) is 6.61 Å². The summed E-state index contributed by atoms with van der Waals surface area (Å²) in [4.78, 5) is 25.2. The van der Waals surface area contributed by atoms with Crippen LogP contribution >= 0.6 is 11.8 Å². The van der Waals surface area contributed by atoms with Crippen LogP contribution in [0.1, 0.15) is 42.5 Å². The fraction of sp³-hybridized carbons (Fsp3) is 0.364. The van der Waals surface area contributed by atoms with Crippen LogP contribution in [0, 0.1) is 13.8 Å². The van der Waals surface area contributed by atoms with Crippen LogP contribution in [0.2, 0.25) is 0 Å². The molecule has 0 aliphatic carbocycles. The topological polar surface area (TPSA) is 55.4 Å². The molecule has 0 aliphatic rings. The van der Waals surface area contributed by atoms with Gasteiger partial charge in [0, 0.05) is 4.90 Å². The molecule has 0 spiro atoms. The Balaban J connectivity index is 1.79. The Morgan fingerprint density at radius 3 is 2.52 bits per heavy atom. The van der Waals surface area contributed by atoms with E-state index in [9.17, 15) is 9.59 Å². The molecule has 144 valence electrons. The molecule has 1 atom stereocenters. The highest BCUT2D eigenvalue weighted by atomic mass is 32.2. The second-order valence-electron chi connectivity index (χ2n) is 6.54. The third-order valence-electron chi connectivity index (χ3n) is 4.15. The largest absolute Gasteiger partial charge is 0.455 e. The molecule has 0 heterocycles. The first-order valence-electron chi connectivity index (χ1n) is 9.19. The smallest absolute Gasteiger partial charge is 0.316 e. The fourth-order valence-electron chi connectivity index (χ4n) is 2.82. The molecule has 1 N–H and O–H groups in total. The second kappa shape index (κ2) is 10.8. The molecule has 2 rings (SSSR count). The lowest BCUT2D eigenvalue weighted by Gasteiger charge is -2.18. The number of hydrogen-bond donors (Lipinski definition) is 1. The summed E-state index contributed by atoms with van der Waals surface area (Å²) in [6.45, 7) is 5.88. The highest BCUT2D eigenvalue weighted by Crippen LogP contribution is 2.23. The molecule has 1 amide bonds. The summed E-state index contributed by atoms with van der Waals surface area (Å²) in [7, 11) is 0. The summed E-state index contributed by atoms with van der Waals surface area (Å²) in [5.74, 6) is -0.474. The van der Waals surface area contributed by atoms with E-state index in [2.05, 4.69) is 18.3 Å². The molecule has 0 aliphatic heterocycles. The number of thioether (sulfide) groups is 1. The predicted octanol–water partition coefficient (Wildman–Crippen LogP) is 4.60. The van der Waals surface area contributed by atoms with Gasteiger partial charge in [0.2, 0.25) is 0 Å². The SMILES string of the molecule is CCC[C@@H](NC(=O)COC(=O)CSc1ccc(C)cc1C)c1ccccc1. The van der Waals surface area contributed by atoms with Crippen LogP contribution in [-0.2, 0) is 14.3 Å². The molecule has 0 saturated heterocycles. The number of rotatable bonds is 9. The summed E-state index contributed by atoms with van der Waals surface area (Å²) >= 11 is 1.43. The third-order valence-corrected chi connectivity index (χ3v) is 5.30. The first kappa shape index (κ1) is 21.0. The van der Waals surface area contributed by atoms with E-state index >= 15 is 0 Å². The van der Waals surface area contributed by atoms with Crippen LogP contribution < -0.4 is 5.32 Å². The Labute approximate surface area is 165 Å². The van der Waals surface area contributed by atoms with Gasteiger partial charge in [-0.2, -0.15) is 0 Å². The maximum Gasteiger partial charge on any atom is 0.316 e. The van der Waals surface area contributed by atoms with Crippen LogP contribution in [0.5, 0.6) is 0 Å². The number of nitrogens with one attached hydrogen (secondary N) is 1. The van der Waals surface area contributed by atoms with Crippen molar-refractivity contribution in [2.24, 2.45) is 0 Å². The van der Waals surface area contributed by atoms with Crippen molar-refractivity contribution in [1.82, 2.24) is 5.32 Å². The van der Waals surface area contributed by atoms with Crippen molar-refractivity contribution in [2.45, 2.75) is 44.6 Å². The number of ether oxygens (including phenoxy) is 1. The van der Waals surface area contributed by atoms with E-state index < -0.39 is 0 Å². The lowest BCUT2D eigenvalue weighted by Crippen LogP contribution is -2.32. The van der Waals surface area contributed by atoms with Gasteiger partial charge < -0.3 is 10.1 Å². The Kier molecular flexibility index (Phi) is 8.40. The standard InChI is InChI=1S/C22H27NO3S/c1-4-8-19(18-9-6-5-7-10-18)23-21(24)14-26-22(25)15-27-20-12-11-16(2)13-17(20)3/h5-7,9-13,19H,4,8,14-15H2,1-3H3,(H,23,24)/t19-/m1/s1. The van der Waals surface area contributed by atoms with E-state index in [4.69, 9.17) is 4.74 Å². The molecular formula is C22H27NO3S. The minimum Gasteiger partial charge on any atom is -0.455 e. The molecule has 0 radical (unpaired) electrons. The highest BCUT2D eigenvalue weighted by Gasteiger charge is 2.15. The summed E-state index contributed by atoms with van der Waals surface area (Å²) < 4.78 is 5.13. The molecule has 2 aromatic rings. The van der Waals surface area contributed by atoms with Gasteiger partial charge in [-0.25, -0.2) is 0 Å². The van der Waals surface area contributed by atoms with Gasteiger partial charge in [0.1, 0.15) is 0 Å². The molecule has 5 heteroatoms. The molecule has 0 saturated carbocycles. The van der Waals surface area contributed by atoms with Gasteiger partial charge in [0.05, 0.1) is 11.8 Å². The average molecular weight is 386 g/mol. The molecule has 2 aromatic carbocycles. The zero-order valence-corrected chi connectivity index (χ0v) is 17.0. The molecule has 0 bridgehead atoms. The van der Waals surface area contributed by atoms with Crippen molar-refractivity contribution in [2.75, 3.05) is 12.4 Å². The highest BCUT2D eigenvalue weighted by molar-refractivity contribution is 8.00. The van der Waals surface area contributed by atoms with Crippen molar-refractivity contribution in [3.8, 4) is 0 Å². The minimum atomic E-state index is -0.387. The third kappa shape index (κ3) is 7.10. The Hall–Kier alpha value is -2.27. The molecule has 0 unspecified atom stereocenters. The van der Waals surface area contributed by atoms with E-state index in [0.717, 1.165) is 28.9 Å². The zero-order valence-electron chi connectivity index (χ0n) is 16.2. The van der Waals surface area contributed by atoms with Crippen LogP contribution in [0.3, 0.4) is 0 Å². The van der Waals surface area contributed by atoms with Gasteiger partial charge in [-0.05, 0) is 37.5 Å². The monoisotopic (exact) mass is 385 g/mol. The average Bonchev–Trinajstić information content (AvgIpc) is 2.66. The molecule has 27 heavy (non-hydrogen) atoms. The number of esters is 1. The van der Waals surface area contributed by atoms with Crippen molar-refractivity contribution in [3.63, 3.8) is 0 Å². The molecule has 0 fully saturated rings. The van der Waals surface area contributed by atoms with Gasteiger partial charge in [0.25, 0.3) is 5.91 Å². The number of carbonyl (C=O) groups is 2. The Morgan fingerprint density at radius 1 is 1.11 bits per heavy atom. The van der Waals surface area contributed by atoms with E-state index in [1.165, 1.54) is 17.3 Å². The van der Waals surface area contributed by atoms with E-state index in [-0.39, 0.29) is 30.3 Å². The first-order chi connectivity index (χ1) is 13.0. The number of amides is 1. The van der Waals surface area contributed by atoms with Gasteiger partial charge in [-0.1, -0.05) is 61.4 Å². The number of benzene rings is 2. The maximum atomic E-state index is 12.2. The summed E-state index contributed by atoms with van der Waals surface area (Å²) in [5, 5.41) is 2.96. The maximum absolute atomic E-state index is 12.2. The van der Waals surface area contributed by atoms with Crippen molar-refractivity contribution in [1.29, 1.82) is 0 Å². The zero-order chi connectivity index (χ0) is 19.6. The Morgan fingerprint density at radius 2 is 1.85 bits per heavy atom. The lowest BCUT2D eigenvalue weighted by atomic mass is 10.0. The van der Waals surface area contributed by atoms with Gasteiger partial charge in [-0.15, -0.1) is 11.8 Å². The van der Waals surface area contributed by atoms with Crippen molar-refractivity contribution in [3.05, 3.63) is 65.2 Å². The summed E-state index contributed by atoms with van der Waals surface area (Å²) in [6.07, 6.45) is 1.79. The van der Waals surface area contributed by atoms with E-state index in [1.807, 2.05) is 56.3 Å². The van der Waals surface area contributed by atoms with Crippen LogP contribution in [0.4, 0.5) is 0 Å². The van der Waals surface area contributed by atoms with Crippen molar-refractivity contribution < 1.29 is 14.3 Å². The van der Waals surface area contributed by atoms with E-state index in [1.54, 1.807) is 0 Å². The molecular weight excluding hydrogens is 358 g/mol. The quantitative estimate of drug-likeness (QED) is 0.506. The van der Waals surface area contributed by atoms with Crippen LogP contribution in [0.25, 0.3) is 0 Å². The number of aryl methyl sites for hydroxylation is 2. The Bertz CT molecular complexity index is 761. The van der Waals surface area contributed by atoms with Crippen LogP contribution in [0.15, 0.2) is 53.4 Å². The molecule has 0 aromatic heterocycles. The predicted molar refractivity (Wildman–Crippen MR) is 110 cm³/mol. The normalized spacial score (nSPS) is 11.7. The second-order valence-corrected chi connectivity index (χ2v) is 7.55. The summed E-state index contributed by atoms with van der Waals surface area (Å²) in [6, 6.07) is 15.9. The van der Waals surface area contributed by atoms with Crippen molar-refractivity contribution >= 4 is 23.6 Å². The fourth-order valence-corrected chi connectivity index (χ4v) is 3.63. The van der Waals surface area contributed by atoms with E-state index in [0.29, 0.717) is 0 Å². The molecule has 4 nitrogen and oxygen atoms in total. The number of carbonyl (C=O) groups excluding carboxylic acids is 2. The van der Waals surface area contributed by atoms with Crippen LogP contribution in [-0.4, -0.2) is 24.2 Å². The lowest BCUT2D eigenvalue weighted by molar-refractivity contribution is -0.146.